The number of allylic oxidation sites excluding steroid dienone is 3. The van der Waals surface area contributed by atoms with Gasteiger partial charge in [-0.1, -0.05) is 20.4 Å². The average Bonchev–Trinajstić information content (AvgIpc) is 1.98. The van der Waals surface area contributed by atoms with Crippen LogP contribution in [0.2, 0.25) is 0 Å². The number of nitriles is 1. The Morgan fingerprint density at radius 3 is 2.08 bits per heavy atom. The van der Waals surface area contributed by atoms with Gasteiger partial charge in [0.25, 0.3) is 0 Å². The highest BCUT2D eigenvalue weighted by molar-refractivity contribution is 5.41. The second kappa shape index (κ2) is 4.61. The Hall–Kier alpha value is -1.23. The zero-order valence-electron chi connectivity index (χ0n) is 8.14. The summed E-state index contributed by atoms with van der Waals surface area (Å²) in [5.74, 6) is 0.936. The first-order valence-electron chi connectivity index (χ1n) is 3.88. The van der Waals surface area contributed by atoms with Gasteiger partial charge in [0.1, 0.15) is 11.8 Å². The van der Waals surface area contributed by atoms with Crippen molar-refractivity contribution in [2.45, 2.75) is 20.8 Å². The van der Waals surface area contributed by atoms with E-state index in [4.69, 9.17) is 10.00 Å². The van der Waals surface area contributed by atoms with Crippen LogP contribution in [-0.4, -0.2) is 7.11 Å². The lowest BCUT2D eigenvalue weighted by Gasteiger charge is -2.12. The SMILES string of the molecule is C=C(C)C(C#N)=C(OC)C(C)C. The van der Waals surface area contributed by atoms with Crippen LogP contribution in [0, 0.1) is 17.2 Å². The highest BCUT2D eigenvalue weighted by atomic mass is 16.5. The lowest BCUT2D eigenvalue weighted by Crippen LogP contribution is -2.01. The van der Waals surface area contributed by atoms with Crippen LogP contribution in [0.4, 0.5) is 0 Å². The molecular weight excluding hydrogens is 150 g/mol. The van der Waals surface area contributed by atoms with Gasteiger partial charge in [0.15, 0.2) is 0 Å². The molecule has 0 spiro atoms. The number of ether oxygens (including phenoxy) is 1. The molecule has 12 heavy (non-hydrogen) atoms. The molecule has 0 aliphatic carbocycles. The largest absolute Gasteiger partial charge is 0.499 e. The lowest BCUT2D eigenvalue weighted by molar-refractivity contribution is 0.251. The van der Waals surface area contributed by atoms with Crippen LogP contribution in [0.15, 0.2) is 23.5 Å². The normalized spacial score (nSPS) is 12.0. The molecular formula is C10H15NO. The van der Waals surface area contributed by atoms with E-state index in [2.05, 4.69) is 12.6 Å². The van der Waals surface area contributed by atoms with Crippen LogP contribution in [0.1, 0.15) is 20.8 Å². The fourth-order valence-electron chi connectivity index (χ4n) is 0.987. The molecule has 0 amide bonds. The summed E-state index contributed by atoms with van der Waals surface area (Å²) in [6, 6.07) is 2.09. The predicted octanol–water partition coefficient (Wildman–Crippen LogP) is 2.64. The summed E-state index contributed by atoms with van der Waals surface area (Å²) in [5.41, 5.74) is 1.32. The fourth-order valence-corrected chi connectivity index (χ4v) is 0.987. The molecule has 0 aromatic heterocycles. The summed E-state index contributed by atoms with van der Waals surface area (Å²) in [5, 5.41) is 8.80. The van der Waals surface area contributed by atoms with Gasteiger partial charge < -0.3 is 4.74 Å². The molecule has 0 radical (unpaired) electrons. The average molecular weight is 165 g/mol. The molecule has 0 bridgehead atoms. The van der Waals surface area contributed by atoms with E-state index in [1.54, 1.807) is 14.0 Å². The van der Waals surface area contributed by atoms with Gasteiger partial charge in [0.2, 0.25) is 0 Å². The first kappa shape index (κ1) is 10.8. The summed E-state index contributed by atoms with van der Waals surface area (Å²) < 4.78 is 5.12. The second-order valence-electron chi connectivity index (χ2n) is 2.99. The van der Waals surface area contributed by atoms with Crippen molar-refractivity contribution in [2.24, 2.45) is 5.92 Å². The summed E-state index contributed by atoms with van der Waals surface area (Å²) in [4.78, 5) is 0. The Kier molecular flexibility index (Phi) is 4.14. The third kappa shape index (κ3) is 2.43. The third-order valence-corrected chi connectivity index (χ3v) is 1.53. The first-order valence-corrected chi connectivity index (χ1v) is 3.88. The van der Waals surface area contributed by atoms with Gasteiger partial charge in [0.05, 0.1) is 12.7 Å². The molecule has 2 nitrogen and oxygen atoms in total. The first-order chi connectivity index (χ1) is 5.54. The van der Waals surface area contributed by atoms with Crippen molar-refractivity contribution in [2.75, 3.05) is 7.11 Å². The van der Waals surface area contributed by atoms with Gasteiger partial charge in [-0.25, -0.2) is 0 Å². The van der Waals surface area contributed by atoms with Crippen LogP contribution in [0.5, 0.6) is 0 Å². The molecule has 0 rings (SSSR count). The monoisotopic (exact) mass is 165 g/mol. The minimum atomic E-state index is 0.223. The maximum atomic E-state index is 8.80. The van der Waals surface area contributed by atoms with Gasteiger partial charge >= 0.3 is 0 Å². The second-order valence-corrected chi connectivity index (χ2v) is 2.99. The number of rotatable bonds is 3. The predicted molar refractivity (Wildman–Crippen MR) is 49.3 cm³/mol. The van der Waals surface area contributed by atoms with Crippen LogP contribution >= 0.6 is 0 Å². The van der Waals surface area contributed by atoms with E-state index in [-0.39, 0.29) is 5.92 Å². The van der Waals surface area contributed by atoms with E-state index in [9.17, 15) is 0 Å². The molecule has 0 fully saturated rings. The number of methoxy groups -OCH3 is 1. The van der Waals surface area contributed by atoms with E-state index in [0.29, 0.717) is 11.3 Å². The molecule has 0 saturated heterocycles. The zero-order chi connectivity index (χ0) is 9.72. The minimum absolute atomic E-state index is 0.223. The van der Waals surface area contributed by atoms with Gasteiger partial charge in [-0.2, -0.15) is 5.26 Å². The van der Waals surface area contributed by atoms with Gasteiger partial charge in [0, 0.05) is 5.92 Å². The quantitative estimate of drug-likeness (QED) is 0.366. The molecule has 2 heteroatoms. The Morgan fingerprint density at radius 1 is 1.50 bits per heavy atom. The van der Waals surface area contributed by atoms with E-state index < -0.39 is 0 Å². The van der Waals surface area contributed by atoms with Crippen molar-refractivity contribution in [3.63, 3.8) is 0 Å². The lowest BCUT2D eigenvalue weighted by atomic mass is 10.0. The van der Waals surface area contributed by atoms with E-state index >= 15 is 0 Å². The molecule has 0 unspecified atom stereocenters. The van der Waals surface area contributed by atoms with Crippen LogP contribution < -0.4 is 0 Å². The van der Waals surface area contributed by atoms with E-state index in [1.165, 1.54) is 0 Å². The highest BCUT2D eigenvalue weighted by Crippen LogP contribution is 2.19. The molecule has 0 atom stereocenters. The fraction of sp³-hybridized carbons (Fsp3) is 0.500. The maximum Gasteiger partial charge on any atom is 0.116 e. The van der Waals surface area contributed by atoms with Gasteiger partial charge in [-0.3, -0.25) is 0 Å². The Labute approximate surface area is 74.2 Å². The minimum Gasteiger partial charge on any atom is -0.499 e. The topological polar surface area (TPSA) is 33.0 Å². The van der Waals surface area contributed by atoms with Crippen molar-refractivity contribution < 1.29 is 4.74 Å². The molecule has 0 aromatic carbocycles. The highest BCUT2D eigenvalue weighted by Gasteiger charge is 2.11. The summed E-state index contributed by atoms with van der Waals surface area (Å²) in [7, 11) is 1.58. The molecule has 0 saturated carbocycles. The number of hydrogen-bond acceptors (Lipinski definition) is 2. The zero-order valence-corrected chi connectivity index (χ0v) is 8.14. The van der Waals surface area contributed by atoms with Crippen molar-refractivity contribution in [3.05, 3.63) is 23.5 Å². The maximum absolute atomic E-state index is 8.80. The third-order valence-electron chi connectivity index (χ3n) is 1.53. The van der Waals surface area contributed by atoms with Gasteiger partial charge in [-0.15, -0.1) is 0 Å². The van der Waals surface area contributed by atoms with Crippen LogP contribution in [0.25, 0.3) is 0 Å². The molecule has 0 aromatic rings. The molecule has 0 aliphatic rings. The summed E-state index contributed by atoms with van der Waals surface area (Å²) in [6.45, 7) is 9.49. The van der Waals surface area contributed by atoms with Crippen molar-refractivity contribution in [1.29, 1.82) is 5.26 Å². The van der Waals surface area contributed by atoms with Crippen LogP contribution in [-0.2, 0) is 4.74 Å². The molecule has 0 N–H and O–H groups in total. The molecule has 0 aliphatic heterocycles. The van der Waals surface area contributed by atoms with Crippen molar-refractivity contribution >= 4 is 0 Å². The van der Waals surface area contributed by atoms with Crippen LogP contribution in [0.3, 0.4) is 0 Å². The summed E-state index contributed by atoms with van der Waals surface area (Å²) >= 11 is 0. The van der Waals surface area contributed by atoms with Gasteiger partial charge in [-0.05, 0) is 12.5 Å². The molecule has 0 heterocycles. The Bertz CT molecular complexity index is 243. The Morgan fingerprint density at radius 2 is 2.00 bits per heavy atom. The number of hydrogen-bond donors (Lipinski definition) is 0. The number of nitrogens with zero attached hydrogens (tertiary/aromatic N) is 1. The van der Waals surface area contributed by atoms with E-state index in [0.717, 1.165) is 5.57 Å². The molecule has 66 valence electrons. The standard InChI is InChI=1S/C10H15NO/c1-7(2)9(6-11)10(12-5)8(3)4/h8H,1H2,2-5H3. The van der Waals surface area contributed by atoms with Crippen molar-refractivity contribution in [1.82, 2.24) is 0 Å². The summed E-state index contributed by atoms with van der Waals surface area (Å²) in [6.07, 6.45) is 0. The van der Waals surface area contributed by atoms with E-state index in [1.807, 2.05) is 13.8 Å². The van der Waals surface area contributed by atoms with Crippen molar-refractivity contribution in [3.8, 4) is 6.07 Å². The smallest absolute Gasteiger partial charge is 0.116 e. The Balaban J connectivity index is 5.05.